The minimum absolute atomic E-state index is 0.0330. The van der Waals surface area contributed by atoms with E-state index in [0.717, 1.165) is 29.9 Å². The van der Waals surface area contributed by atoms with Crippen LogP contribution in [0, 0.1) is 5.82 Å². The van der Waals surface area contributed by atoms with Crippen LogP contribution in [0.4, 0.5) is 10.1 Å². The number of anilines is 1. The van der Waals surface area contributed by atoms with Crippen LogP contribution in [0.2, 0.25) is 0 Å². The first kappa shape index (κ1) is 22.9. The van der Waals surface area contributed by atoms with Crippen molar-refractivity contribution in [2.45, 2.75) is 19.8 Å². The number of halogens is 1. The van der Waals surface area contributed by atoms with Crippen molar-refractivity contribution in [3.63, 3.8) is 0 Å². The Morgan fingerprint density at radius 1 is 1.06 bits per heavy atom. The van der Waals surface area contributed by atoms with Gasteiger partial charge in [0.05, 0.1) is 12.6 Å². The van der Waals surface area contributed by atoms with E-state index in [0.29, 0.717) is 41.0 Å². The molecule has 1 N–H and O–H groups in total. The lowest BCUT2D eigenvalue weighted by Crippen LogP contribution is -2.48. The number of nitrogens with zero attached hydrogens (tertiary/aromatic N) is 3. The summed E-state index contributed by atoms with van der Waals surface area (Å²) >= 11 is 0. The maximum atomic E-state index is 15.5. The fourth-order valence-corrected chi connectivity index (χ4v) is 4.78. The number of para-hydroxylation sites is 1. The van der Waals surface area contributed by atoms with Crippen LogP contribution < -0.4 is 9.64 Å². The van der Waals surface area contributed by atoms with E-state index < -0.39 is 0 Å². The molecule has 0 radical (unpaired) electrons. The molecule has 0 saturated carbocycles. The van der Waals surface area contributed by atoms with Crippen molar-refractivity contribution in [1.82, 2.24) is 14.9 Å². The number of ether oxygens (including phenoxy) is 1. The molecule has 0 bridgehead atoms. The highest BCUT2D eigenvalue weighted by molar-refractivity contribution is 6.04. The second-order valence-corrected chi connectivity index (χ2v) is 9.14. The van der Waals surface area contributed by atoms with Crippen molar-refractivity contribution in [3.8, 4) is 16.9 Å². The highest BCUT2D eigenvalue weighted by atomic mass is 19.1. The van der Waals surface area contributed by atoms with Crippen LogP contribution in [0.1, 0.15) is 35.8 Å². The van der Waals surface area contributed by atoms with Gasteiger partial charge in [-0.15, -0.1) is 0 Å². The van der Waals surface area contributed by atoms with E-state index in [2.05, 4.69) is 27.0 Å². The van der Waals surface area contributed by atoms with E-state index in [9.17, 15) is 4.79 Å². The number of H-pyrrole nitrogens is 1. The summed E-state index contributed by atoms with van der Waals surface area (Å²) < 4.78 is 21.1. The summed E-state index contributed by atoms with van der Waals surface area (Å²) in [5.41, 5.74) is 4.01. The summed E-state index contributed by atoms with van der Waals surface area (Å²) in [4.78, 5) is 24.9. The minimum Gasteiger partial charge on any atom is -0.496 e. The molecule has 2 aromatic carbocycles. The largest absolute Gasteiger partial charge is 0.496 e. The number of carbonyl (C=O) groups excluding carboxylic acids is 1. The third-order valence-corrected chi connectivity index (χ3v) is 6.71. The van der Waals surface area contributed by atoms with Crippen LogP contribution in [0.3, 0.4) is 0 Å². The van der Waals surface area contributed by atoms with Gasteiger partial charge in [-0.05, 0) is 47.4 Å². The number of methoxy groups -OCH3 is 1. The number of hydrogen-bond acceptors (Lipinski definition) is 4. The van der Waals surface area contributed by atoms with Gasteiger partial charge in [0.2, 0.25) is 0 Å². The average molecular weight is 473 g/mol. The maximum absolute atomic E-state index is 15.5. The number of nitrogens with one attached hydrogen (secondary N) is 1. The zero-order valence-corrected chi connectivity index (χ0v) is 20.2. The summed E-state index contributed by atoms with van der Waals surface area (Å²) in [6, 6.07) is 15.6. The molecule has 1 aliphatic heterocycles. The van der Waals surface area contributed by atoms with Gasteiger partial charge in [-0.25, -0.2) is 4.39 Å². The third-order valence-electron chi connectivity index (χ3n) is 6.71. The molecule has 2 aromatic heterocycles. The molecule has 0 aliphatic carbocycles. The Morgan fingerprint density at radius 3 is 2.49 bits per heavy atom. The predicted octanol–water partition coefficient (Wildman–Crippen LogP) is 5.46. The number of pyridine rings is 1. The Labute approximate surface area is 204 Å². The van der Waals surface area contributed by atoms with E-state index >= 15 is 4.39 Å². The van der Waals surface area contributed by atoms with E-state index in [-0.39, 0.29) is 17.6 Å². The second kappa shape index (κ2) is 9.41. The van der Waals surface area contributed by atoms with Crippen LogP contribution in [0.15, 0.2) is 60.9 Å². The van der Waals surface area contributed by atoms with Crippen molar-refractivity contribution < 1.29 is 13.9 Å². The zero-order valence-electron chi connectivity index (χ0n) is 20.2. The molecule has 4 aromatic rings. The van der Waals surface area contributed by atoms with Crippen molar-refractivity contribution in [2.75, 3.05) is 38.2 Å². The number of benzene rings is 2. The third kappa shape index (κ3) is 4.22. The Balaban J connectivity index is 1.50. The van der Waals surface area contributed by atoms with Crippen LogP contribution in [-0.4, -0.2) is 54.1 Å². The predicted molar refractivity (Wildman–Crippen MR) is 137 cm³/mol. The molecule has 3 heterocycles. The molecular formula is C28H29FN4O2. The summed E-state index contributed by atoms with van der Waals surface area (Å²) in [6.07, 6.45) is 3.38. The van der Waals surface area contributed by atoms with Gasteiger partial charge in [0, 0.05) is 55.2 Å². The van der Waals surface area contributed by atoms with Crippen LogP contribution >= 0.6 is 0 Å². The Hall–Kier alpha value is -3.87. The van der Waals surface area contributed by atoms with Crippen molar-refractivity contribution in [2.24, 2.45) is 0 Å². The number of amides is 1. The smallest absolute Gasteiger partial charge is 0.270 e. The summed E-state index contributed by atoms with van der Waals surface area (Å²) in [5.74, 6) is 0.168. The standard InChI is InChI=1S/C28H29FN4O2/c1-18(2)20-15-21(23-17-30-10-9-25(23)35-3)22-16-24(31-27(22)26(20)29)28(34)33-13-11-32(12-14-33)19-7-5-4-6-8-19/h4-10,15-18,31H,11-14H2,1-3H3. The highest BCUT2D eigenvalue weighted by Crippen LogP contribution is 2.39. The summed E-state index contributed by atoms with van der Waals surface area (Å²) in [7, 11) is 1.60. The first-order valence-corrected chi connectivity index (χ1v) is 11.9. The molecule has 0 unspecified atom stereocenters. The maximum Gasteiger partial charge on any atom is 0.270 e. The monoisotopic (exact) mass is 472 g/mol. The molecule has 1 saturated heterocycles. The molecule has 0 atom stereocenters. The molecular weight excluding hydrogens is 443 g/mol. The molecule has 5 rings (SSSR count). The van der Waals surface area contributed by atoms with Crippen LogP contribution in [0.5, 0.6) is 5.75 Å². The molecule has 1 aliphatic rings. The van der Waals surface area contributed by atoms with Crippen molar-refractivity contribution in [1.29, 1.82) is 0 Å². The average Bonchev–Trinajstić information content (AvgIpc) is 3.35. The van der Waals surface area contributed by atoms with Crippen molar-refractivity contribution in [3.05, 3.63) is 78.0 Å². The van der Waals surface area contributed by atoms with E-state index in [1.165, 1.54) is 0 Å². The lowest BCUT2D eigenvalue weighted by Gasteiger charge is -2.36. The Kier molecular flexibility index (Phi) is 6.16. The lowest BCUT2D eigenvalue weighted by atomic mass is 9.94. The Bertz CT molecular complexity index is 1360. The lowest BCUT2D eigenvalue weighted by molar-refractivity contribution is 0.0742. The first-order chi connectivity index (χ1) is 17.0. The highest BCUT2D eigenvalue weighted by Gasteiger charge is 2.26. The van der Waals surface area contributed by atoms with Crippen LogP contribution in [-0.2, 0) is 0 Å². The molecule has 1 amide bonds. The van der Waals surface area contributed by atoms with Gasteiger partial charge in [0.25, 0.3) is 5.91 Å². The molecule has 7 heteroatoms. The molecule has 180 valence electrons. The van der Waals surface area contributed by atoms with E-state index in [1.807, 2.05) is 43.0 Å². The summed E-state index contributed by atoms with van der Waals surface area (Å²) in [5, 5.41) is 0.643. The number of aromatic nitrogens is 2. The van der Waals surface area contributed by atoms with Gasteiger partial charge in [-0.2, -0.15) is 0 Å². The number of aromatic amines is 1. The number of fused-ring (bicyclic) bond motifs is 1. The van der Waals surface area contributed by atoms with Gasteiger partial charge in [-0.3, -0.25) is 9.78 Å². The zero-order chi connectivity index (χ0) is 24.5. The number of hydrogen-bond donors (Lipinski definition) is 1. The van der Waals surface area contributed by atoms with Crippen LogP contribution in [0.25, 0.3) is 22.0 Å². The van der Waals surface area contributed by atoms with Gasteiger partial charge in [0.15, 0.2) is 5.82 Å². The quantitative estimate of drug-likeness (QED) is 0.419. The van der Waals surface area contributed by atoms with E-state index in [4.69, 9.17) is 4.74 Å². The van der Waals surface area contributed by atoms with Gasteiger partial charge in [0.1, 0.15) is 11.4 Å². The Morgan fingerprint density at radius 2 is 1.80 bits per heavy atom. The number of carbonyl (C=O) groups is 1. The van der Waals surface area contributed by atoms with Crippen molar-refractivity contribution >= 4 is 22.5 Å². The SMILES string of the molecule is COc1ccncc1-c1cc(C(C)C)c(F)c2[nH]c(C(=O)N3CCN(c4ccccc4)CC3)cc12. The fourth-order valence-electron chi connectivity index (χ4n) is 4.78. The first-order valence-electron chi connectivity index (χ1n) is 11.9. The van der Waals surface area contributed by atoms with E-state index in [1.54, 1.807) is 31.6 Å². The summed E-state index contributed by atoms with van der Waals surface area (Å²) in [6.45, 7) is 6.61. The number of piperazine rings is 1. The molecule has 6 nitrogen and oxygen atoms in total. The molecule has 0 spiro atoms. The molecule has 35 heavy (non-hydrogen) atoms. The van der Waals surface area contributed by atoms with Gasteiger partial charge < -0.3 is 19.5 Å². The molecule has 1 fully saturated rings. The normalized spacial score (nSPS) is 14.1. The number of rotatable bonds is 5. The topological polar surface area (TPSA) is 61.5 Å². The van der Waals surface area contributed by atoms with Gasteiger partial charge >= 0.3 is 0 Å². The fraction of sp³-hybridized carbons (Fsp3) is 0.286. The second-order valence-electron chi connectivity index (χ2n) is 9.14. The van der Waals surface area contributed by atoms with Gasteiger partial charge in [-0.1, -0.05) is 32.0 Å². The minimum atomic E-state index is -0.324.